The highest BCUT2D eigenvalue weighted by atomic mass is 16.4. The molecule has 0 aliphatic carbocycles. The monoisotopic (exact) mass is 223 g/mol. The van der Waals surface area contributed by atoms with Gasteiger partial charge >= 0.3 is 5.97 Å². The van der Waals surface area contributed by atoms with Gasteiger partial charge in [-0.25, -0.2) is 0 Å². The summed E-state index contributed by atoms with van der Waals surface area (Å²) in [4.78, 5) is 22.3. The number of carboxylic acids is 1. The van der Waals surface area contributed by atoms with Crippen molar-refractivity contribution in [3.8, 4) is 0 Å². The van der Waals surface area contributed by atoms with Crippen LogP contribution in [0.2, 0.25) is 0 Å². The third kappa shape index (κ3) is 2.51. The second-order valence-electron chi connectivity index (χ2n) is 4.75. The molecule has 88 valence electrons. The van der Waals surface area contributed by atoms with Gasteiger partial charge in [-0.2, -0.15) is 0 Å². The van der Waals surface area contributed by atoms with Crippen LogP contribution in [0.5, 0.6) is 0 Å². The smallest absolute Gasteiger partial charge is 0.310 e. The molecule has 0 spiro atoms. The molecule has 0 saturated heterocycles. The summed E-state index contributed by atoms with van der Waals surface area (Å²) in [5.41, 5.74) is 0.697. The van der Waals surface area contributed by atoms with Gasteiger partial charge in [0.25, 0.3) is 0 Å². The minimum Gasteiger partial charge on any atom is -0.481 e. The molecular formula is C12H17NO3. The molecule has 0 saturated carbocycles. The Morgan fingerprint density at radius 3 is 2.12 bits per heavy atom. The average Bonchev–Trinajstić information content (AvgIpc) is 2.11. The van der Waals surface area contributed by atoms with Crippen LogP contribution in [0.15, 0.2) is 16.9 Å². The lowest BCUT2D eigenvalue weighted by atomic mass is 9.93. The highest BCUT2D eigenvalue weighted by Crippen LogP contribution is 2.20. The first-order chi connectivity index (χ1) is 7.24. The quantitative estimate of drug-likeness (QED) is 0.846. The maximum Gasteiger partial charge on any atom is 0.310 e. The molecule has 0 amide bonds. The second-order valence-corrected chi connectivity index (χ2v) is 4.75. The van der Waals surface area contributed by atoms with Crippen LogP contribution in [-0.4, -0.2) is 15.6 Å². The normalized spacial score (nSPS) is 11.5. The van der Waals surface area contributed by atoms with E-state index in [2.05, 4.69) is 0 Å². The lowest BCUT2D eigenvalue weighted by molar-refractivity contribution is -0.147. The first-order valence-electron chi connectivity index (χ1n) is 5.15. The number of carbonyl (C=O) groups is 1. The van der Waals surface area contributed by atoms with Crippen LogP contribution in [0, 0.1) is 19.3 Å². The van der Waals surface area contributed by atoms with Gasteiger partial charge in [-0.3, -0.25) is 9.59 Å². The molecule has 0 aromatic carbocycles. The molecule has 0 fully saturated rings. The molecule has 0 radical (unpaired) electrons. The molecule has 0 bridgehead atoms. The Morgan fingerprint density at radius 1 is 1.31 bits per heavy atom. The number of carboxylic acid groups (broad SMARTS) is 1. The van der Waals surface area contributed by atoms with Gasteiger partial charge in [0.05, 0.1) is 5.41 Å². The van der Waals surface area contributed by atoms with Crippen molar-refractivity contribution in [2.45, 2.75) is 34.2 Å². The van der Waals surface area contributed by atoms with E-state index >= 15 is 0 Å². The summed E-state index contributed by atoms with van der Waals surface area (Å²) in [5.74, 6) is -0.843. The van der Waals surface area contributed by atoms with E-state index in [-0.39, 0.29) is 5.43 Å². The zero-order chi connectivity index (χ0) is 12.5. The Labute approximate surface area is 94.5 Å². The number of aliphatic carboxylic acids is 1. The van der Waals surface area contributed by atoms with Crippen molar-refractivity contribution in [2.24, 2.45) is 5.41 Å². The molecule has 0 aliphatic heterocycles. The van der Waals surface area contributed by atoms with Crippen molar-refractivity contribution in [1.29, 1.82) is 0 Å². The fourth-order valence-corrected chi connectivity index (χ4v) is 1.60. The van der Waals surface area contributed by atoms with E-state index in [0.717, 1.165) is 11.4 Å². The molecule has 0 atom stereocenters. The number of hydrogen-bond acceptors (Lipinski definition) is 2. The SMILES string of the molecule is Cc1cc(=O)cc(C)n1CC(C)(C)C(=O)O. The standard InChI is InChI=1S/C12H17NO3/c1-8-5-10(14)6-9(2)13(8)7-12(3,4)11(15)16/h5-6H,7H2,1-4H3,(H,15,16). The van der Waals surface area contributed by atoms with Crippen molar-refractivity contribution < 1.29 is 9.90 Å². The van der Waals surface area contributed by atoms with Crippen molar-refractivity contribution in [2.75, 3.05) is 0 Å². The minimum atomic E-state index is -0.843. The molecule has 1 aromatic rings. The van der Waals surface area contributed by atoms with Crippen molar-refractivity contribution in [3.05, 3.63) is 33.7 Å². The van der Waals surface area contributed by atoms with Crippen LogP contribution >= 0.6 is 0 Å². The lowest BCUT2D eigenvalue weighted by Gasteiger charge is -2.24. The van der Waals surface area contributed by atoms with Crippen LogP contribution in [0.25, 0.3) is 0 Å². The number of aryl methyl sites for hydroxylation is 2. The highest BCUT2D eigenvalue weighted by molar-refractivity contribution is 5.73. The van der Waals surface area contributed by atoms with Crippen molar-refractivity contribution in [3.63, 3.8) is 0 Å². The van der Waals surface area contributed by atoms with Crippen LogP contribution in [-0.2, 0) is 11.3 Å². The largest absolute Gasteiger partial charge is 0.481 e. The number of nitrogens with zero attached hydrogens (tertiary/aromatic N) is 1. The summed E-state index contributed by atoms with van der Waals surface area (Å²) in [6, 6.07) is 3.04. The number of hydrogen-bond donors (Lipinski definition) is 1. The van der Waals surface area contributed by atoms with E-state index in [1.807, 2.05) is 18.4 Å². The summed E-state index contributed by atoms with van der Waals surface area (Å²) >= 11 is 0. The molecule has 4 nitrogen and oxygen atoms in total. The van der Waals surface area contributed by atoms with Gasteiger partial charge in [0.2, 0.25) is 0 Å². The third-order valence-electron chi connectivity index (χ3n) is 2.69. The van der Waals surface area contributed by atoms with E-state index in [0.29, 0.717) is 6.54 Å². The predicted octanol–water partition coefficient (Wildman–Crippen LogP) is 1.58. The van der Waals surface area contributed by atoms with Gasteiger partial charge in [0.15, 0.2) is 5.43 Å². The molecule has 1 heterocycles. The van der Waals surface area contributed by atoms with Crippen LogP contribution in [0.4, 0.5) is 0 Å². The van der Waals surface area contributed by atoms with Gasteiger partial charge in [-0.1, -0.05) is 0 Å². The Bertz CT molecular complexity index is 445. The maximum absolute atomic E-state index is 11.2. The molecule has 4 heteroatoms. The summed E-state index contributed by atoms with van der Waals surface area (Å²) in [5, 5.41) is 9.06. The van der Waals surface area contributed by atoms with E-state index in [1.54, 1.807) is 13.8 Å². The summed E-state index contributed by atoms with van der Waals surface area (Å²) in [6.07, 6.45) is 0. The number of pyridine rings is 1. The van der Waals surface area contributed by atoms with Crippen LogP contribution in [0.3, 0.4) is 0 Å². The number of rotatable bonds is 3. The second kappa shape index (κ2) is 4.12. The van der Waals surface area contributed by atoms with E-state index < -0.39 is 11.4 Å². The average molecular weight is 223 g/mol. The molecule has 1 rings (SSSR count). The Balaban J connectivity index is 3.16. The van der Waals surface area contributed by atoms with Gasteiger partial charge in [-0.15, -0.1) is 0 Å². The highest BCUT2D eigenvalue weighted by Gasteiger charge is 2.28. The Kier molecular flexibility index (Phi) is 3.21. The summed E-state index contributed by atoms with van der Waals surface area (Å²) in [7, 11) is 0. The molecule has 0 aliphatic rings. The van der Waals surface area contributed by atoms with Gasteiger partial charge in [0.1, 0.15) is 0 Å². The van der Waals surface area contributed by atoms with Gasteiger partial charge in [0, 0.05) is 30.1 Å². The molecule has 16 heavy (non-hydrogen) atoms. The molecule has 1 aromatic heterocycles. The Hall–Kier alpha value is -1.58. The van der Waals surface area contributed by atoms with Crippen molar-refractivity contribution in [1.82, 2.24) is 4.57 Å². The third-order valence-corrected chi connectivity index (χ3v) is 2.69. The van der Waals surface area contributed by atoms with Crippen molar-refractivity contribution >= 4 is 5.97 Å². The van der Waals surface area contributed by atoms with E-state index in [1.165, 1.54) is 12.1 Å². The predicted molar refractivity (Wildman–Crippen MR) is 61.6 cm³/mol. The topological polar surface area (TPSA) is 59.3 Å². The number of aromatic nitrogens is 1. The Morgan fingerprint density at radius 2 is 1.75 bits per heavy atom. The van der Waals surface area contributed by atoms with E-state index in [9.17, 15) is 9.59 Å². The molecule has 1 N–H and O–H groups in total. The first kappa shape index (κ1) is 12.5. The maximum atomic E-state index is 11.2. The van der Waals surface area contributed by atoms with Crippen LogP contribution in [0.1, 0.15) is 25.2 Å². The first-order valence-corrected chi connectivity index (χ1v) is 5.15. The summed E-state index contributed by atoms with van der Waals surface area (Å²) in [6.45, 7) is 7.33. The molecular weight excluding hydrogens is 206 g/mol. The van der Waals surface area contributed by atoms with E-state index in [4.69, 9.17) is 5.11 Å². The fourth-order valence-electron chi connectivity index (χ4n) is 1.60. The van der Waals surface area contributed by atoms with Crippen LogP contribution < -0.4 is 5.43 Å². The zero-order valence-electron chi connectivity index (χ0n) is 10.1. The fraction of sp³-hybridized carbons (Fsp3) is 0.500. The van der Waals surface area contributed by atoms with Gasteiger partial charge in [-0.05, 0) is 27.7 Å². The van der Waals surface area contributed by atoms with Gasteiger partial charge < -0.3 is 9.67 Å². The zero-order valence-corrected chi connectivity index (χ0v) is 10.1. The minimum absolute atomic E-state index is 0.0422. The lowest BCUT2D eigenvalue weighted by Crippen LogP contribution is -2.31. The summed E-state index contributed by atoms with van der Waals surface area (Å²) < 4.78 is 1.86. The molecule has 0 unspecified atom stereocenters.